The number of carbonyl (C=O) groups is 2. The fraction of sp³-hybridized carbons (Fsp3) is 0.286. The first kappa shape index (κ1) is 21.2. The lowest BCUT2D eigenvalue weighted by atomic mass is 10.4. The third-order valence-corrected chi connectivity index (χ3v) is 1.25. The Labute approximate surface area is 109 Å². The molecule has 0 amide bonds. The van der Waals surface area contributed by atoms with E-state index in [0.29, 0.717) is 6.61 Å². The van der Waals surface area contributed by atoms with E-state index < -0.39 is 5.97 Å². The predicted octanol–water partition coefficient (Wildman–Crippen LogP) is 3.13. The number of hydrogen-bond acceptors (Lipinski definition) is 3. The maximum Gasteiger partial charge on any atom is 0.330 e. The molecule has 4 heteroatoms. The first-order valence-electron chi connectivity index (χ1n) is 5.38. The highest BCUT2D eigenvalue weighted by Gasteiger charge is 1.91. The quantitative estimate of drug-likeness (QED) is 0.342. The fourth-order valence-electron chi connectivity index (χ4n) is 0.376. The van der Waals surface area contributed by atoms with E-state index in [1.54, 1.807) is 12.2 Å². The Balaban J connectivity index is -0.000000212. The molecule has 0 rings (SSSR count). The van der Waals surface area contributed by atoms with Crippen LogP contribution in [0.3, 0.4) is 0 Å². The van der Waals surface area contributed by atoms with Crippen molar-refractivity contribution in [2.75, 3.05) is 6.61 Å². The summed E-state index contributed by atoms with van der Waals surface area (Å²) in [5.41, 5.74) is 0. The summed E-state index contributed by atoms with van der Waals surface area (Å²) < 4.78 is 4.67. The van der Waals surface area contributed by atoms with Gasteiger partial charge in [0.1, 0.15) is 0 Å². The Bertz CT molecular complexity index is 261. The van der Waals surface area contributed by atoms with Gasteiger partial charge in [-0.3, -0.25) is 0 Å². The standard InChI is InChI=1S/C7H12O2.C4H6.C3H4O2/c1-3-5-6-9-7(8)4-2;1-3-4-2;1-2-3(4)5/h4H,2-3,5-6H2,1H3;3-4H,1-2H2;2H,1H2,(H,4,5). The van der Waals surface area contributed by atoms with Gasteiger partial charge in [-0.2, -0.15) is 0 Å². The van der Waals surface area contributed by atoms with E-state index in [1.807, 2.05) is 6.92 Å². The SMILES string of the molecule is C=CC(=O)O.C=CC(=O)OCCCC.C=CC=C. The zero-order chi connectivity index (χ0) is 14.8. The molecule has 0 fully saturated rings. The number of unbranched alkanes of at least 4 members (excludes halogenated alkanes) is 1. The second-order valence-corrected chi connectivity index (χ2v) is 2.74. The van der Waals surface area contributed by atoms with E-state index in [-0.39, 0.29) is 5.97 Å². The summed E-state index contributed by atoms with van der Waals surface area (Å²) in [6, 6.07) is 0. The third-order valence-electron chi connectivity index (χ3n) is 1.25. The first-order valence-corrected chi connectivity index (χ1v) is 5.38. The fourth-order valence-corrected chi connectivity index (χ4v) is 0.376. The van der Waals surface area contributed by atoms with Crippen LogP contribution in [0.5, 0.6) is 0 Å². The molecule has 0 aliphatic rings. The van der Waals surface area contributed by atoms with E-state index in [1.165, 1.54) is 6.08 Å². The molecule has 102 valence electrons. The van der Waals surface area contributed by atoms with Crippen LogP contribution < -0.4 is 0 Å². The van der Waals surface area contributed by atoms with E-state index in [2.05, 4.69) is 31.1 Å². The van der Waals surface area contributed by atoms with Crippen LogP contribution in [0.15, 0.2) is 50.6 Å². The van der Waals surface area contributed by atoms with Gasteiger partial charge in [0.2, 0.25) is 0 Å². The molecule has 0 aliphatic heterocycles. The van der Waals surface area contributed by atoms with Crippen molar-refractivity contribution >= 4 is 11.9 Å². The molecule has 0 spiro atoms. The molecule has 0 aromatic carbocycles. The summed E-state index contributed by atoms with van der Waals surface area (Å²) in [5, 5.41) is 7.60. The van der Waals surface area contributed by atoms with Crippen LogP contribution >= 0.6 is 0 Å². The Hall–Kier alpha value is -2.10. The lowest BCUT2D eigenvalue weighted by Crippen LogP contribution is -2.00. The summed E-state index contributed by atoms with van der Waals surface area (Å²) in [7, 11) is 0. The largest absolute Gasteiger partial charge is 0.478 e. The number of aliphatic carboxylic acids is 1. The number of carbonyl (C=O) groups excluding carboxylic acids is 1. The smallest absolute Gasteiger partial charge is 0.330 e. The molecule has 0 radical (unpaired) electrons. The molecule has 18 heavy (non-hydrogen) atoms. The van der Waals surface area contributed by atoms with Crippen molar-refractivity contribution in [3.8, 4) is 0 Å². The number of carboxylic acid groups (broad SMARTS) is 1. The topological polar surface area (TPSA) is 63.6 Å². The Morgan fingerprint density at radius 3 is 1.78 bits per heavy atom. The summed E-state index contributed by atoms with van der Waals surface area (Å²) in [4.78, 5) is 19.6. The molecule has 0 bridgehead atoms. The van der Waals surface area contributed by atoms with Crippen molar-refractivity contribution < 1.29 is 19.4 Å². The molecular formula is C14H22O4. The van der Waals surface area contributed by atoms with E-state index in [0.717, 1.165) is 18.9 Å². The molecule has 0 aromatic heterocycles. The van der Waals surface area contributed by atoms with Crippen molar-refractivity contribution in [3.63, 3.8) is 0 Å². The predicted molar refractivity (Wildman–Crippen MR) is 74.3 cm³/mol. The number of hydrogen-bond donors (Lipinski definition) is 1. The lowest BCUT2D eigenvalue weighted by Gasteiger charge is -1.97. The average Bonchev–Trinajstić information content (AvgIpc) is 2.39. The molecule has 0 aliphatic carbocycles. The van der Waals surface area contributed by atoms with Gasteiger partial charge in [0.15, 0.2) is 0 Å². The monoisotopic (exact) mass is 254 g/mol. The molecule has 0 saturated heterocycles. The van der Waals surface area contributed by atoms with E-state index >= 15 is 0 Å². The van der Waals surface area contributed by atoms with Crippen molar-refractivity contribution in [2.24, 2.45) is 0 Å². The van der Waals surface area contributed by atoms with Crippen LogP contribution in [0.1, 0.15) is 19.8 Å². The van der Waals surface area contributed by atoms with Crippen LogP contribution in [-0.4, -0.2) is 23.7 Å². The Kier molecular flexibility index (Phi) is 24.0. The molecule has 0 heterocycles. The number of rotatable bonds is 6. The molecule has 1 N–H and O–H groups in total. The third kappa shape index (κ3) is 37.1. The molecule has 0 saturated carbocycles. The minimum absolute atomic E-state index is 0.330. The molecule has 0 unspecified atom stereocenters. The minimum atomic E-state index is -0.981. The van der Waals surface area contributed by atoms with Gasteiger partial charge in [0.05, 0.1) is 6.61 Å². The van der Waals surface area contributed by atoms with Crippen LogP contribution in [0.25, 0.3) is 0 Å². The van der Waals surface area contributed by atoms with E-state index in [9.17, 15) is 9.59 Å². The van der Waals surface area contributed by atoms with Crippen molar-refractivity contribution in [1.82, 2.24) is 0 Å². The number of allylic oxidation sites excluding steroid dienone is 2. The zero-order valence-corrected chi connectivity index (χ0v) is 10.9. The number of carboxylic acids is 1. The van der Waals surface area contributed by atoms with Crippen LogP contribution in [0, 0.1) is 0 Å². The summed E-state index contributed by atoms with van der Waals surface area (Å²) in [6.45, 7) is 15.5. The van der Waals surface area contributed by atoms with Gasteiger partial charge in [0, 0.05) is 12.2 Å². The van der Waals surface area contributed by atoms with Crippen LogP contribution in [-0.2, 0) is 14.3 Å². The van der Waals surface area contributed by atoms with Gasteiger partial charge in [0.25, 0.3) is 0 Å². The zero-order valence-electron chi connectivity index (χ0n) is 10.9. The van der Waals surface area contributed by atoms with Gasteiger partial charge >= 0.3 is 11.9 Å². The van der Waals surface area contributed by atoms with Crippen LogP contribution in [0.4, 0.5) is 0 Å². The highest BCUT2D eigenvalue weighted by atomic mass is 16.5. The highest BCUT2D eigenvalue weighted by Crippen LogP contribution is 1.88. The minimum Gasteiger partial charge on any atom is -0.478 e. The lowest BCUT2D eigenvalue weighted by molar-refractivity contribution is -0.137. The van der Waals surface area contributed by atoms with Crippen molar-refractivity contribution in [2.45, 2.75) is 19.8 Å². The molecule has 0 aromatic rings. The summed E-state index contributed by atoms with van der Waals surface area (Å²) in [6.07, 6.45) is 7.26. The second kappa shape index (κ2) is 20.3. The normalized spacial score (nSPS) is 7.17. The van der Waals surface area contributed by atoms with Gasteiger partial charge in [-0.15, -0.1) is 0 Å². The van der Waals surface area contributed by atoms with Gasteiger partial charge < -0.3 is 9.84 Å². The van der Waals surface area contributed by atoms with E-state index in [4.69, 9.17) is 5.11 Å². The summed E-state index contributed by atoms with van der Waals surface area (Å²) in [5.74, 6) is -1.31. The number of ether oxygens (including phenoxy) is 1. The van der Waals surface area contributed by atoms with Crippen molar-refractivity contribution in [3.05, 3.63) is 50.6 Å². The highest BCUT2D eigenvalue weighted by molar-refractivity contribution is 5.81. The first-order chi connectivity index (χ1) is 8.49. The van der Waals surface area contributed by atoms with Gasteiger partial charge in [-0.05, 0) is 6.42 Å². The summed E-state index contributed by atoms with van der Waals surface area (Å²) >= 11 is 0. The van der Waals surface area contributed by atoms with Crippen LogP contribution in [0.2, 0.25) is 0 Å². The Morgan fingerprint density at radius 1 is 1.11 bits per heavy atom. The Morgan fingerprint density at radius 2 is 1.56 bits per heavy atom. The maximum atomic E-state index is 10.3. The average molecular weight is 254 g/mol. The van der Waals surface area contributed by atoms with Crippen molar-refractivity contribution in [1.29, 1.82) is 0 Å². The second-order valence-electron chi connectivity index (χ2n) is 2.74. The maximum absolute atomic E-state index is 10.3. The molecular weight excluding hydrogens is 232 g/mol. The number of esters is 1. The van der Waals surface area contributed by atoms with Gasteiger partial charge in [-0.1, -0.05) is 51.8 Å². The van der Waals surface area contributed by atoms with Gasteiger partial charge in [-0.25, -0.2) is 9.59 Å². The molecule has 0 atom stereocenters. The molecule has 4 nitrogen and oxygen atoms in total.